The molecule has 0 radical (unpaired) electrons. The number of nitrogens with zero attached hydrogens (tertiary/aromatic N) is 4. The molecule has 0 fully saturated rings. The fourth-order valence-electron chi connectivity index (χ4n) is 3.93. The smallest absolute Gasteiger partial charge is 0.258 e. The molecular formula is C24H22N4O2. The lowest BCUT2D eigenvalue weighted by Gasteiger charge is -2.23. The zero-order chi connectivity index (χ0) is 20.5. The van der Waals surface area contributed by atoms with Gasteiger partial charge in [0.15, 0.2) is 0 Å². The van der Waals surface area contributed by atoms with Crippen LogP contribution in [0.1, 0.15) is 21.6 Å². The minimum atomic E-state index is -0.00596. The summed E-state index contributed by atoms with van der Waals surface area (Å²) in [5.74, 6) is -0.00596. The minimum absolute atomic E-state index is 0.00596. The third-order valence-electron chi connectivity index (χ3n) is 5.44. The van der Waals surface area contributed by atoms with E-state index in [9.17, 15) is 4.79 Å². The van der Waals surface area contributed by atoms with Crippen molar-refractivity contribution in [3.05, 3.63) is 95.9 Å². The van der Waals surface area contributed by atoms with E-state index in [1.807, 2.05) is 65.7 Å². The summed E-state index contributed by atoms with van der Waals surface area (Å²) in [6, 6.07) is 21.8. The Kier molecular flexibility index (Phi) is 4.69. The second-order valence-corrected chi connectivity index (χ2v) is 7.38. The van der Waals surface area contributed by atoms with E-state index in [0.29, 0.717) is 18.8 Å². The standard InChI is InChI=1S/C24H22N4O2/c1-30-17-27-14-12-22(25-27)18-8-10-19(11-9-18)24(29)28-16-21-6-4-13-26(21)15-20-5-2-3-7-23(20)28/h2-14H,15-17H2,1H3. The summed E-state index contributed by atoms with van der Waals surface area (Å²) in [6.07, 6.45) is 3.94. The van der Waals surface area contributed by atoms with Crippen LogP contribution in [0.5, 0.6) is 0 Å². The summed E-state index contributed by atoms with van der Waals surface area (Å²) < 4.78 is 9.04. The number of rotatable bonds is 4. The molecule has 0 bridgehead atoms. The van der Waals surface area contributed by atoms with Gasteiger partial charge in [-0.25, -0.2) is 4.68 Å². The van der Waals surface area contributed by atoms with Crippen LogP contribution in [-0.2, 0) is 24.6 Å². The van der Waals surface area contributed by atoms with Gasteiger partial charge in [0.2, 0.25) is 0 Å². The number of carbonyl (C=O) groups is 1. The number of methoxy groups -OCH3 is 1. The lowest BCUT2D eigenvalue weighted by Crippen LogP contribution is -2.30. The van der Waals surface area contributed by atoms with Crippen LogP contribution in [0.25, 0.3) is 11.3 Å². The first-order valence-electron chi connectivity index (χ1n) is 9.89. The minimum Gasteiger partial charge on any atom is -0.362 e. The summed E-state index contributed by atoms with van der Waals surface area (Å²) in [7, 11) is 1.64. The predicted molar refractivity (Wildman–Crippen MR) is 115 cm³/mol. The molecular weight excluding hydrogens is 376 g/mol. The Morgan fingerprint density at radius 3 is 2.63 bits per heavy atom. The summed E-state index contributed by atoms with van der Waals surface area (Å²) in [4.78, 5) is 15.3. The van der Waals surface area contributed by atoms with E-state index < -0.39 is 0 Å². The number of hydrogen-bond donors (Lipinski definition) is 0. The van der Waals surface area contributed by atoms with Crippen LogP contribution < -0.4 is 4.90 Å². The normalized spacial score (nSPS) is 12.9. The first kappa shape index (κ1) is 18.4. The molecule has 0 spiro atoms. The largest absolute Gasteiger partial charge is 0.362 e. The van der Waals surface area contributed by atoms with Crippen LogP contribution in [0.2, 0.25) is 0 Å². The van der Waals surface area contributed by atoms with Crippen molar-refractivity contribution in [3.8, 4) is 11.3 Å². The maximum Gasteiger partial charge on any atom is 0.258 e. The van der Waals surface area contributed by atoms with Crippen LogP contribution in [0.15, 0.2) is 79.1 Å². The fourth-order valence-corrected chi connectivity index (χ4v) is 3.93. The highest BCUT2D eigenvalue weighted by Gasteiger charge is 2.24. The first-order valence-corrected chi connectivity index (χ1v) is 9.89. The van der Waals surface area contributed by atoms with E-state index in [4.69, 9.17) is 4.74 Å². The molecule has 30 heavy (non-hydrogen) atoms. The molecule has 1 aliphatic rings. The molecule has 2 aromatic carbocycles. The first-order chi connectivity index (χ1) is 14.7. The van der Waals surface area contributed by atoms with Crippen LogP contribution in [0.3, 0.4) is 0 Å². The van der Waals surface area contributed by atoms with Crippen molar-refractivity contribution < 1.29 is 9.53 Å². The highest BCUT2D eigenvalue weighted by Crippen LogP contribution is 2.29. The van der Waals surface area contributed by atoms with Gasteiger partial charge in [-0.1, -0.05) is 30.3 Å². The van der Waals surface area contributed by atoms with Crippen molar-refractivity contribution in [1.29, 1.82) is 0 Å². The molecule has 0 atom stereocenters. The van der Waals surface area contributed by atoms with E-state index in [1.165, 1.54) is 0 Å². The molecule has 4 aromatic rings. The molecule has 5 rings (SSSR count). The van der Waals surface area contributed by atoms with E-state index in [2.05, 4.69) is 28.0 Å². The molecule has 6 nitrogen and oxygen atoms in total. The number of benzene rings is 2. The van der Waals surface area contributed by atoms with Gasteiger partial charge in [0.25, 0.3) is 5.91 Å². The number of anilines is 1. The molecule has 0 aliphatic carbocycles. The molecule has 3 heterocycles. The van der Waals surface area contributed by atoms with Gasteiger partial charge in [-0.15, -0.1) is 0 Å². The SMILES string of the molecule is COCn1ccc(-c2ccc(C(=O)N3Cc4cccn4Cc4ccccc43)cc2)n1. The number of para-hydroxylation sites is 1. The topological polar surface area (TPSA) is 52.3 Å². The molecule has 150 valence electrons. The van der Waals surface area contributed by atoms with Gasteiger partial charge in [0, 0.05) is 48.6 Å². The Bertz CT molecular complexity index is 1190. The third-order valence-corrected chi connectivity index (χ3v) is 5.44. The predicted octanol–water partition coefficient (Wildman–Crippen LogP) is 4.16. The van der Waals surface area contributed by atoms with Crippen LogP contribution in [-0.4, -0.2) is 27.4 Å². The van der Waals surface area contributed by atoms with Crippen LogP contribution >= 0.6 is 0 Å². The molecule has 0 unspecified atom stereocenters. The maximum absolute atomic E-state index is 13.5. The average Bonchev–Trinajstić information content (AvgIpc) is 3.39. The lowest BCUT2D eigenvalue weighted by atomic mass is 10.1. The summed E-state index contributed by atoms with van der Waals surface area (Å²) >= 11 is 0. The third kappa shape index (κ3) is 3.31. The quantitative estimate of drug-likeness (QED) is 0.519. The second-order valence-electron chi connectivity index (χ2n) is 7.38. The number of carbonyl (C=O) groups excluding carboxylic acids is 1. The van der Waals surface area contributed by atoms with Crippen molar-refractivity contribution in [1.82, 2.24) is 14.3 Å². The van der Waals surface area contributed by atoms with Gasteiger partial charge >= 0.3 is 0 Å². The number of aromatic nitrogens is 3. The Morgan fingerprint density at radius 2 is 1.80 bits per heavy atom. The zero-order valence-corrected chi connectivity index (χ0v) is 16.7. The Labute approximate surface area is 174 Å². The fraction of sp³-hybridized carbons (Fsp3) is 0.167. The second kappa shape index (κ2) is 7.65. The molecule has 0 saturated heterocycles. The van der Waals surface area contributed by atoms with Crippen LogP contribution in [0.4, 0.5) is 5.69 Å². The summed E-state index contributed by atoms with van der Waals surface area (Å²) in [5.41, 5.74) is 5.70. The van der Waals surface area contributed by atoms with Crippen molar-refractivity contribution >= 4 is 11.6 Å². The average molecular weight is 398 g/mol. The molecule has 6 heteroatoms. The van der Waals surface area contributed by atoms with E-state index in [-0.39, 0.29) is 5.91 Å². The Hall–Kier alpha value is -3.64. The van der Waals surface area contributed by atoms with Crippen molar-refractivity contribution in [2.24, 2.45) is 0 Å². The molecule has 0 saturated carbocycles. The number of ether oxygens (including phenoxy) is 1. The number of fused-ring (bicyclic) bond motifs is 2. The van der Waals surface area contributed by atoms with Gasteiger partial charge in [0.05, 0.1) is 12.2 Å². The Balaban J connectivity index is 1.45. The van der Waals surface area contributed by atoms with Gasteiger partial charge in [-0.3, -0.25) is 4.79 Å². The monoisotopic (exact) mass is 398 g/mol. The number of hydrogen-bond acceptors (Lipinski definition) is 3. The Morgan fingerprint density at radius 1 is 0.967 bits per heavy atom. The molecule has 1 amide bonds. The van der Waals surface area contributed by atoms with Crippen molar-refractivity contribution in [3.63, 3.8) is 0 Å². The molecule has 0 N–H and O–H groups in total. The summed E-state index contributed by atoms with van der Waals surface area (Å²) in [6.45, 7) is 1.73. The highest BCUT2D eigenvalue weighted by molar-refractivity contribution is 6.06. The lowest BCUT2D eigenvalue weighted by molar-refractivity contribution is 0.0985. The van der Waals surface area contributed by atoms with E-state index >= 15 is 0 Å². The number of amides is 1. The zero-order valence-electron chi connectivity index (χ0n) is 16.7. The summed E-state index contributed by atoms with van der Waals surface area (Å²) in [5, 5.41) is 4.49. The van der Waals surface area contributed by atoms with Crippen molar-refractivity contribution in [2.45, 2.75) is 19.8 Å². The van der Waals surface area contributed by atoms with Gasteiger partial charge in [0.1, 0.15) is 6.73 Å². The van der Waals surface area contributed by atoms with Crippen LogP contribution in [0, 0.1) is 0 Å². The maximum atomic E-state index is 13.5. The molecule has 1 aliphatic heterocycles. The van der Waals surface area contributed by atoms with Crippen molar-refractivity contribution in [2.75, 3.05) is 12.0 Å². The van der Waals surface area contributed by atoms with Gasteiger partial charge in [-0.2, -0.15) is 5.10 Å². The van der Waals surface area contributed by atoms with E-state index in [0.717, 1.165) is 34.7 Å². The van der Waals surface area contributed by atoms with Gasteiger partial charge < -0.3 is 14.2 Å². The van der Waals surface area contributed by atoms with E-state index in [1.54, 1.807) is 11.8 Å². The highest BCUT2D eigenvalue weighted by atomic mass is 16.5. The van der Waals surface area contributed by atoms with Gasteiger partial charge in [-0.05, 0) is 42.0 Å². The molecule has 2 aromatic heterocycles.